The van der Waals surface area contributed by atoms with E-state index in [0.29, 0.717) is 6.54 Å². The smallest absolute Gasteiger partial charge is 0.242 e. The molecule has 0 bridgehead atoms. The summed E-state index contributed by atoms with van der Waals surface area (Å²) in [6.07, 6.45) is 0. The molecule has 0 aliphatic carbocycles. The summed E-state index contributed by atoms with van der Waals surface area (Å²) < 4.78 is 27.7. The van der Waals surface area contributed by atoms with Crippen molar-refractivity contribution in [1.29, 1.82) is 0 Å². The van der Waals surface area contributed by atoms with Gasteiger partial charge in [0.05, 0.1) is 5.02 Å². The Morgan fingerprint density at radius 2 is 1.90 bits per heavy atom. The maximum atomic E-state index is 12.5. The molecule has 0 aromatic heterocycles. The van der Waals surface area contributed by atoms with Gasteiger partial charge < -0.3 is 5.32 Å². The lowest BCUT2D eigenvalue weighted by molar-refractivity contribution is 0.317. The lowest BCUT2D eigenvalue weighted by Crippen LogP contribution is -2.41. The summed E-state index contributed by atoms with van der Waals surface area (Å²) in [6.45, 7) is 11.3. The molecule has 0 aliphatic heterocycles. The molecule has 21 heavy (non-hydrogen) atoms. The van der Waals surface area contributed by atoms with Crippen LogP contribution < -0.4 is 10.0 Å². The van der Waals surface area contributed by atoms with Gasteiger partial charge in [-0.15, -0.1) is 0 Å². The first kappa shape index (κ1) is 18.4. The molecule has 4 nitrogen and oxygen atoms in total. The van der Waals surface area contributed by atoms with Crippen molar-refractivity contribution in [2.75, 3.05) is 6.54 Å². The van der Waals surface area contributed by atoms with Gasteiger partial charge in [0.25, 0.3) is 0 Å². The fourth-order valence-electron chi connectivity index (χ4n) is 1.61. The zero-order valence-corrected chi connectivity index (χ0v) is 14.9. The zero-order chi connectivity index (χ0) is 16.3. The molecule has 0 amide bonds. The van der Waals surface area contributed by atoms with Crippen molar-refractivity contribution < 1.29 is 8.42 Å². The summed E-state index contributed by atoms with van der Waals surface area (Å²) in [7, 11) is -3.63. The van der Waals surface area contributed by atoms with Crippen molar-refractivity contribution in [3.8, 4) is 0 Å². The topological polar surface area (TPSA) is 58.2 Å². The summed E-state index contributed by atoms with van der Waals surface area (Å²) in [5.41, 5.74) is 0.728. The summed E-state index contributed by atoms with van der Waals surface area (Å²) in [5.74, 6) is 0. The molecular weight excluding hydrogens is 308 g/mol. The summed E-state index contributed by atoms with van der Waals surface area (Å²) >= 11 is 6.07. The lowest BCUT2D eigenvalue weighted by atomic mass is 9.89. The Balaban J connectivity index is 3.07. The average molecular weight is 333 g/mol. The number of hydrogen-bond acceptors (Lipinski definition) is 3. The summed E-state index contributed by atoms with van der Waals surface area (Å²) in [6, 6.07) is 4.89. The molecule has 0 fully saturated rings. The molecule has 1 aromatic carbocycles. The molecule has 1 rings (SSSR count). The first-order valence-electron chi connectivity index (χ1n) is 7.09. The molecule has 120 valence electrons. The molecule has 0 heterocycles. The Kier molecular flexibility index (Phi) is 6.23. The SMILES string of the molecule is CCNCc1ccc(Cl)c(S(=O)(=O)NC(C)C(C)(C)C)c1. The third kappa shape index (κ3) is 5.25. The van der Waals surface area contributed by atoms with E-state index in [1.807, 2.05) is 40.7 Å². The summed E-state index contributed by atoms with van der Waals surface area (Å²) in [4.78, 5) is 0.135. The van der Waals surface area contributed by atoms with Crippen LogP contribution in [-0.4, -0.2) is 21.0 Å². The molecule has 0 radical (unpaired) electrons. The van der Waals surface area contributed by atoms with Gasteiger partial charge in [-0.05, 0) is 36.6 Å². The Hall–Kier alpha value is -0.620. The predicted octanol–water partition coefficient (Wildman–Crippen LogP) is 3.16. The van der Waals surface area contributed by atoms with Gasteiger partial charge in [0.2, 0.25) is 10.0 Å². The minimum atomic E-state index is -3.63. The van der Waals surface area contributed by atoms with Gasteiger partial charge in [-0.3, -0.25) is 0 Å². The Morgan fingerprint density at radius 1 is 1.29 bits per heavy atom. The Bertz CT molecular complexity index is 580. The lowest BCUT2D eigenvalue weighted by Gasteiger charge is -2.28. The van der Waals surface area contributed by atoms with Gasteiger partial charge in [0, 0.05) is 12.6 Å². The fourth-order valence-corrected chi connectivity index (χ4v) is 3.61. The quantitative estimate of drug-likeness (QED) is 0.841. The molecule has 2 N–H and O–H groups in total. The zero-order valence-electron chi connectivity index (χ0n) is 13.3. The van der Waals surface area contributed by atoms with E-state index in [1.165, 1.54) is 0 Å². The van der Waals surface area contributed by atoms with Crippen molar-refractivity contribution >= 4 is 21.6 Å². The second-order valence-electron chi connectivity index (χ2n) is 6.25. The van der Waals surface area contributed by atoms with Crippen molar-refractivity contribution in [3.05, 3.63) is 28.8 Å². The van der Waals surface area contributed by atoms with Crippen LogP contribution in [0.15, 0.2) is 23.1 Å². The molecule has 0 saturated heterocycles. The van der Waals surface area contributed by atoms with Crippen molar-refractivity contribution in [2.45, 2.75) is 52.1 Å². The maximum Gasteiger partial charge on any atom is 0.242 e. The first-order valence-corrected chi connectivity index (χ1v) is 8.95. The minimum Gasteiger partial charge on any atom is -0.313 e. The van der Waals surface area contributed by atoms with Gasteiger partial charge in [-0.1, -0.05) is 45.4 Å². The maximum absolute atomic E-state index is 12.5. The van der Waals surface area contributed by atoms with E-state index >= 15 is 0 Å². The molecule has 1 atom stereocenters. The monoisotopic (exact) mass is 332 g/mol. The van der Waals surface area contributed by atoms with Gasteiger partial charge in [0.15, 0.2) is 0 Å². The Morgan fingerprint density at radius 3 is 2.43 bits per heavy atom. The van der Waals surface area contributed by atoms with Gasteiger partial charge in [0.1, 0.15) is 4.90 Å². The normalized spacial score (nSPS) is 14.2. The van der Waals surface area contributed by atoms with E-state index in [1.54, 1.807) is 12.1 Å². The van der Waals surface area contributed by atoms with Crippen LogP contribution in [0, 0.1) is 5.41 Å². The highest BCUT2D eigenvalue weighted by atomic mass is 35.5. The fraction of sp³-hybridized carbons (Fsp3) is 0.600. The van der Waals surface area contributed by atoms with Crippen LogP contribution >= 0.6 is 11.6 Å². The highest BCUT2D eigenvalue weighted by molar-refractivity contribution is 7.89. The van der Waals surface area contributed by atoms with Crippen molar-refractivity contribution in [2.24, 2.45) is 5.41 Å². The number of hydrogen-bond donors (Lipinski definition) is 2. The van der Waals surface area contributed by atoms with Crippen LogP contribution in [0.4, 0.5) is 0 Å². The van der Waals surface area contributed by atoms with Crippen LogP contribution in [-0.2, 0) is 16.6 Å². The highest BCUT2D eigenvalue weighted by Gasteiger charge is 2.27. The van der Waals surface area contributed by atoms with E-state index in [-0.39, 0.29) is 21.4 Å². The van der Waals surface area contributed by atoms with Crippen molar-refractivity contribution in [3.63, 3.8) is 0 Å². The highest BCUT2D eigenvalue weighted by Crippen LogP contribution is 2.25. The number of sulfonamides is 1. The predicted molar refractivity (Wildman–Crippen MR) is 88.1 cm³/mol. The minimum absolute atomic E-state index is 0.135. The van der Waals surface area contributed by atoms with Gasteiger partial charge >= 0.3 is 0 Å². The van der Waals surface area contributed by atoms with E-state index in [2.05, 4.69) is 10.0 Å². The van der Waals surface area contributed by atoms with Crippen LogP contribution in [0.3, 0.4) is 0 Å². The van der Waals surface area contributed by atoms with Crippen molar-refractivity contribution in [1.82, 2.24) is 10.0 Å². The van der Waals surface area contributed by atoms with Gasteiger partial charge in [-0.25, -0.2) is 13.1 Å². The van der Waals surface area contributed by atoms with Crippen LogP contribution in [0.25, 0.3) is 0 Å². The molecular formula is C15H25ClN2O2S. The molecule has 0 spiro atoms. The number of nitrogens with one attached hydrogen (secondary N) is 2. The molecule has 6 heteroatoms. The van der Waals surface area contributed by atoms with E-state index in [9.17, 15) is 8.42 Å². The van der Waals surface area contributed by atoms with E-state index in [4.69, 9.17) is 11.6 Å². The third-order valence-electron chi connectivity index (χ3n) is 3.50. The Labute approximate surface area is 133 Å². The number of rotatable bonds is 6. The average Bonchev–Trinajstić information content (AvgIpc) is 2.36. The second-order valence-corrected chi connectivity index (χ2v) is 8.34. The molecule has 0 aliphatic rings. The van der Waals surface area contributed by atoms with Crippen LogP contribution in [0.1, 0.15) is 40.2 Å². The van der Waals surface area contributed by atoms with E-state index < -0.39 is 10.0 Å². The van der Waals surface area contributed by atoms with Gasteiger partial charge in [-0.2, -0.15) is 0 Å². The van der Waals surface area contributed by atoms with Crippen LogP contribution in [0.2, 0.25) is 5.02 Å². The third-order valence-corrected chi connectivity index (χ3v) is 5.52. The summed E-state index contributed by atoms with van der Waals surface area (Å²) in [5, 5.41) is 3.41. The molecule has 1 aromatic rings. The number of benzene rings is 1. The van der Waals surface area contributed by atoms with Crippen LogP contribution in [0.5, 0.6) is 0 Å². The second kappa shape index (κ2) is 7.09. The molecule has 1 unspecified atom stereocenters. The number of halogens is 1. The van der Waals surface area contributed by atoms with E-state index in [0.717, 1.165) is 12.1 Å². The molecule has 0 saturated carbocycles. The first-order chi connectivity index (χ1) is 9.58. The largest absolute Gasteiger partial charge is 0.313 e. The standard InChI is InChI=1S/C15H25ClN2O2S/c1-6-17-10-12-7-8-13(16)14(9-12)21(19,20)18-11(2)15(3,4)5/h7-9,11,17-18H,6,10H2,1-5H3.